The van der Waals surface area contributed by atoms with Gasteiger partial charge >= 0.3 is 5.97 Å². The molecule has 4 saturated carbocycles. The molecule has 0 spiro atoms. The van der Waals surface area contributed by atoms with Gasteiger partial charge in [0.05, 0.1) is 18.6 Å². The molecule has 0 aliphatic heterocycles. The van der Waals surface area contributed by atoms with E-state index in [0.717, 1.165) is 44.9 Å². The van der Waals surface area contributed by atoms with Gasteiger partial charge in [-0.25, -0.2) is 0 Å². The van der Waals surface area contributed by atoms with Gasteiger partial charge in [-0.1, -0.05) is 71.8 Å². The lowest BCUT2D eigenvalue weighted by atomic mass is 9.36. The number of allylic oxidation sites excluding steroid dienone is 4. The lowest BCUT2D eigenvalue weighted by Gasteiger charge is -2.68. The minimum absolute atomic E-state index is 0.0227. The van der Waals surface area contributed by atoms with Gasteiger partial charge < -0.3 is 9.84 Å². The Morgan fingerprint density at radius 1 is 0.882 bits per heavy atom. The van der Waals surface area contributed by atoms with Crippen molar-refractivity contribution in [2.45, 2.75) is 112 Å². The van der Waals surface area contributed by atoms with Gasteiger partial charge in [0.1, 0.15) is 0 Å². The van der Waals surface area contributed by atoms with Crippen LogP contribution >= 0.6 is 0 Å². The van der Waals surface area contributed by atoms with Crippen LogP contribution in [0.2, 0.25) is 0 Å². The highest BCUT2D eigenvalue weighted by Gasteiger charge is 2.67. The summed E-state index contributed by atoms with van der Waals surface area (Å²) in [7, 11) is 1.58. The molecule has 5 rings (SSSR count). The number of methoxy groups -OCH3 is 1. The molecule has 0 bridgehead atoms. The molecule has 3 heteroatoms. The second-order valence-corrected chi connectivity index (χ2v) is 14.8. The zero-order valence-electron chi connectivity index (χ0n) is 23.0. The van der Waals surface area contributed by atoms with E-state index in [0.29, 0.717) is 5.92 Å². The van der Waals surface area contributed by atoms with E-state index in [2.05, 4.69) is 60.6 Å². The molecule has 0 aromatic heterocycles. The van der Waals surface area contributed by atoms with Crippen LogP contribution in [-0.4, -0.2) is 24.3 Å². The molecule has 7 unspecified atom stereocenters. The summed E-state index contributed by atoms with van der Waals surface area (Å²) in [5, 5.41) is 10.9. The Kier molecular flexibility index (Phi) is 5.23. The summed E-state index contributed by atoms with van der Waals surface area (Å²) in [5.41, 5.74) is 3.30. The maximum absolute atomic E-state index is 13.3. The van der Waals surface area contributed by atoms with Crippen LogP contribution in [0.1, 0.15) is 106 Å². The SMILES string of the molecule is COC(=O)C12CCC(C)(C)CC1C1=CC=C3C4(C)CCC(O)C(C)(C)C4CCC3(C)C1(C)CC2. The molecule has 0 saturated heterocycles. The molecule has 1 N–H and O–H groups in total. The number of hydrogen-bond donors (Lipinski definition) is 1. The average molecular weight is 469 g/mol. The van der Waals surface area contributed by atoms with Crippen molar-refractivity contribution in [2.24, 2.45) is 44.3 Å². The summed E-state index contributed by atoms with van der Waals surface area (Å²) in [6, 6.07) is 0. The van der Waals surface area contributed by atoms with Crippen LogP contribution in [-0.2, 0) is 9.53 Å². The van der Waals surface area contributed by atoms with Gasteiger partial charge in [-0.3, -0.25) is 4.79 Å². The number of fused-ring (bicyclic) bond motifs is 7. The van der Waals surface area contributed by atoms with E-state index in [4.69, 9.17) is 4.74 Å². The molecule has 7 atom stereocenters. The molecule has 0 amide bonds. The molecule has 5 aliphatic carbocycles. The summed E-state index contributed by atoms with van der Waals surface area (Å²) in [4.78, 5) is 13.3. The Hall–Kier alpha value is -1.09. The summed E-state index contributed by atoms with van der Waals surface area (Å²) in [5.74, 6) is 0.801. The fourth-order valence-corrected chi connectivity index (χ4v) is 10.1. The largest absolute Gasteiger partial charge is 0.469 e. The van der Waals surface area contributed by atoms with Crippen molar-refractivity contribution in [3.63, 3.8) is 0 Å². The van der Waals surface area contributed by atoms with Gasteiger partial charge in [0.25, 0.3) is 0 Å². The zero-order chi connectivity index (χ0) is 24.9. The van der Waals surface area contributed by atoms with E-state index < -0.39 is 0 Å². The van der Waals surface area contributed by atoms with Gasteiger partial charge in [-0.05, 0) is 96.7 Å². The van der Waals surface area contributed by atoms with Crippen LogP contribution in [0.15, 0.2) is 23.3 Å². The van der Waals surface area contributed by atoms with Crippen molar-refractivity contribution < 1.29 is 14.6 Å². The molecule has 5 aliphatic rings. The van der Waals surface area contributed by atoms with Crippen LogP contribution in [0.5, 0.6) is 0 Å². The first-order chi connectivity index (χ1) is 15.7. The normalized spacial score (nSPS) is 48.8. The van der Waals surface area contributed by atoms with Crippen molar-refractivity contribution in [3.05, 3.63) is 23.3 Å². The first-order valence-electron chi connectivity index (χ1n) is 13.9. The highest BCUT2D eigenvalue weighted by Crippen LogP contribution is 2.74. The summed E-state index contributed by atoms with van der Waals surface area (Å²) >= 11 is 0. The second kappa shape index (κ2) is 7.24. The monoisotopic (exact) mass is 468 g/mol. The molecular formula is C31H48O3. The number of carbonyl (C=O) groups is 1. The summed E-state index contributed by atoms with van der Waals surface area (Å²) in [6.07, 6.45) is 14.2. The van der Waals surface area contributed by atoms with Gasteiger partial charge in [0.2, 0.25) is 0 Å². The number of hydrogen-bond acceptors (Lipinski definition) is 3. The predicted octanol–water partition coefficient (Wildman–Crippen LogP) is 7.24. The molecule has 190 valence electrons. The second-order valence-electron chi connectivity index (χ2n) is 14.8. The highest BCUT2D eigenvalue weighted by molar-refractivity contribution is 5.78. The highest BCUT2D eigenvalue weighted by atomic mass is 16.5. The standard InChI is InChI=1S/C31H48O3/c1-26(2)15-17-31(25(33)34-8)18-16-29(6)20(21(31)19-26)9-10-23-28(5)13-12-24(32)27(3,4)22(28)11-14-30(23,29)7/h9-10,21-22,24,32H,11-19H2,1-8H3. The molecule has 0 radical (unpaired) electrons. The Labute approximate surface area is 207 Å². The third-order valence-corrected chi connectivity index (χ3v) is 12.6. The van der Waals surface area contributed by atoms with Crippen LogP contribution in [0, 0.1) is 44.3 Å². The van der Waals surface area contributed by atoms with Crippen LogP contribution in [0.3, 0.4) is 0 Å². The van der Waals surface area contributed by atoms with E-state index in [-0.39, 0.29) is 50.5 Å². The van der Waals surface area contributed by atoms with E-state index in [1.54, 1.807) is 12.7 Å². The fourth-order valence-electron chi connectivity index (χ4n) is 10.1. The molecule has 4 fully saturated rings. The molecule has 0 aromatic carbocycles. The Bertz CT molecular complexity index is 956. The maximum atomic E-state index is 13.3. The van der Waals surface area contributed by atoms with E-state index >= 15 is 0 Å². The first kappa shape index (κ1) is 24.6. The molecule has 0 heterocycles. The van der Waals surface area contributed by atoms with Crippen LogP contribution in [0.25, 0.3) is 0 Å². The van der Waals surface area contributed by atoms with Crippen molar-refractivity contribution in [1.29, 1.82) is 0 Å². The van der Waals surface area contributed by atoms with Gasteiger partial charge in [-0.2, -0.15) is 0 Å². The molecule has 0 aromatic rings. The maximum Gasteiger partial charge on any atom is 0.312 e. The van der Waals surface area contributed by atoms with E-state index in [9.17, 15) is 9.90 Å². The van der Waals surface area contributed by atoms with Crippen molar-refractivity contribution in [2.75, 3.05) is 7.11 Å². The lowest BCUT2D eigenvalue weighted by molar-refractivity contribution is -0.168. The van der Waals surface area contributed by atoms with Gasteiger partial charge in [0, 0.05) is 0 Å². The minimum Gasteiger partial charge on any atom is -0.469 e. The number of rotatable bonds is 1. The smallest absolute Gasteiger partial charge is 0.312 e. The fraction of sp³-hybridized carbons (Fsp3) is 0.839. The average Bonchev–Trinajstić information content (AvgIpc) is 2.76. The number of aliphatic hydroxyl groups excluding tert-OH is 1. The predicted molar refractivity (Wildman–Crippen MR) is 137 cm³/mol. The minimum atomic E-state index is -0.352. The quantitative estimate of drug-likeness (QED) is 0.413. The summed E-state index contributed by atoms with van der Waals surface area (Å²) in [6.45, 7) is 16.9. The topological polar surface area (TPSA) is 46.5 Å². The summed E-state index contributed by atoms with van der Waals surface area (Å²) < 4.78 is 5.48. The molecular weight excluding hydrogens is 420 g/mol. The van der Waals surface area contributed by atoms with Gasteiger partial charge in [-0.15, -0.1) is 0 Å². The molecule has 3 nitrogen and oxygen atoms in total. The van der Waals surface area contributed by atoms with Crippen molar-refractivity contribution in [1.82, 2.24) is 0 Å². The number of aliphatic hydroxyl groups is 1. The van der Waals surface area contributed by atoms with E-state index in [1.165, 1.54) is 18.4 Å². The van der Waals surface area contributed by atoms with Gasteiger partial charge in [0.15, 0.2) is 0 Å². The molecule has 34 heavy (non-hydrogen) atoms. The Balaban J connectivity index is 1.65. The van der Waals surface area contributed by atoms with Crippen LogP contribution < -0.4 is 0 Å². The number of ether oxygens (including phenoxy) is 1. The first-order valence-corrected chi connectivity index (χ1v) is 13.9. The number of esters is 1. The third-order valence-electron chi connectivity index (χ3n) is 12.6. The third kappa shape index (κ3) is 2.88. The number of carbonyl (C=O) groups excluding carboxylic acids is 1. The van der Waals surface area contributed by atoms with Crippen molar-refractivity contribution >= 4 is 5.97 Å². The Morgan fingerprint density at radius 3 is 2.24 bits per heavy atom. The van der Waals surface area contributed by atoms with E-state index in [1.807, 2.05) is 0 Å². The Morgan fingerprint density at radius 2 is 1.56 bits per heavy atom. The zero-order valence-corrected chi connectivity index (χ0v) is 23.0. The lowest BCUT2D eigenvalue weighted by Crippen LogP contribution is -2.61. The van der Waals surface area contributed by atoms with Crippen LogP contribution in [0.4, 0.5) is 0 Å². The van der Waals surface area contributed by atoms with Crippen molar-refractivity contribution in [3.8, 4) is 0 Å².